The van der Waals surface area contributed by atoms with Gasteiger partial charge in [-0.15, -0.1) is 0 Å². The van der Waals surface area contributed by atoms with E-state index in [1.807, 2.05) is 26.1 Å². The Hall–Kier alpha value is -2.10. The summed E-state index contributed by atoms with van der Waals surface area (Å²) >= 11 is 6.13. The van der Waals surface area contributed by atoms with Crippen molar-refractivity contribution in [3.8, 4) is 6.07 Å². The van der Waals surface area contributed by atoms with E-state index in [9.17, 15) is 0 Å². The number of anilines is 1. The maximum atomic E-state index is 8.97. The van der Waals surface area contributed by atoms with E-state index in [0.717, 1.165) is 25.3 Å². The average Bonchev–Trinajstić information content (AvgIpc) is 2.94. The summed E-state index contributed by atoms with van der Waals surface area (Å²) < 4.78 is 5.32. The SMILES string of the molecule is Cc1noc([C@H]2CN(c3ccc(C#N)c(Cl)c3)CCN2C)n1. The lowest BCUT2D eigenvalue weighted by Crippen LogP contribution is -2.46. The van der Waals surface area contributed by atoms with Crippen LogP contribution in [0.5, 0.6) is 0 Å². The lowest BCUT2D eigenvalue weighted by molar-refractivity contribution is 0.177. The molecule has 2 heterocycles. The Labute approximate surface area is 133 Å². The molecule has 0 N–H and O–H groups in total. The summed E-state index contributed by atoms with van der Waals surface area (Å²) in [5, 5.41) is 13.3. The quantitative estimate of drug-likeness (QED) is 0.847. The van der Waals surface area contributed by atoms with Gasteiger partial charge in [-0.2, -0.15) is 10.2 Å². The zero-order valence-corrected chi connectivity index (χ0v) is 13.2. The second-order valence-corrected chi connectivity index (χ2v) is 5.81. The molecule has 6 nitrogen and oxygen atoms in total. The molecule has 1 aromatic heterocycles. The lowest BCUT2D eigenvalue weighted by Gasteiger charge is -2.38. The van der Waals surface area contributed by atoms with E-state index in [-0.39, 0.29) is 6.04 Å². The number of halogens is 1. The van der Waals surface area contributed by atoms with E-state index >= 15 is 0 Å². The molecule has 22 heavy (non-hydrogen) atoms. The van der Waals surface area contributed by atoms with Crippen molar-refractivity contribution in [2.45, 2.75) is 13.0 Å². The fourth-order valence-corrected chi connectivity index (χ4v) is 2.83. The summed E-state index contributed by atoms with van der Waals surface area (Å²) in [4.78, 5) is 8.77. The van der Waals surface area contributed by atoms with Crippen LogP contribution in [0.1, 0.15) is 23.3 Å². The molecule has 1 atom stereocenters. The van der Waals surface area contributed by atoms with E-state index in [4.69, 9.17) is 21.4 Å². The van der Waals surface area contributed by atoms with Crippen LogP contribution in [0.25, 0.3) is 0 Å². The number of nitriles is 1. The van der Waals surface area contributed by atoms with E-state index in [1.54, 1.807) is 6.07 Å². The third-order valence-corrected chi connectivity index (χ3v) is 4.23. The first-order valence-electron chi connectivity index (χ1n) is 7.03. The van der Waals surface area contributed by atoms with Gasteiger partial charge in [0.25, 0.3) is 0 Å². The topological polar surface area (TPSA) is 69.2 Å². The molecule has 3 rings (SSSR count). The van der Waals surface area contributed by atoms with Gasteiger partial charge in [0, 0.05) is 25.3 Å². The minimum atomic E-state index is 0.0457. The summed E-state index contributed by atoms with van der Waals surface area (Å²) in [7, 11) is 2.05. The highest BCUT2D eigenvalue weighted by Crippen LogP contribution is 2.29. The molecule has 1 aromatic carbocycles. The zero-order valence-electron chi connectivity index (χ0n) is 12.5. The van der Waals surface area contributed by atoms with Gasteiger partial charge in [0.1, 0.15) is 12.1 Å². The standard InChI is InChI=1S/C15H16ClN5O/c1-10-18-15(22-19-10)14-9-21(6-5-20(14)2)12-4-3-11(8-17)13(16)7-12/h3-4,7,14H,5-6,9H2,1-2H3/t14-/m1/s1. The van der Waals surface area contributed by atoms with Gasteiger partial charge in [0.2, 0.25) is 5.89 Å². The molecule has 1 aliphatic rings. The summed E-state index contributed by atoms with van der Waals surface area (Å²) in [5.74, 6) is 1.27. The van der Waals surface area contributed by atoms with E-state index in [2.05, 4.69) is 26.0 Å². The Morgan fingerprint density at radius 1 is 1.41 bits per heavy atom. The molecular formula is C15H16ClN5O. The first-order chi connectivity index (χ1) is 10.6. The highest BCUT2D eigenvalue weighted by atomic mass is 35.5. The first-order valence-corrected chi connectivity index (χ1v) is 7.41. The van der Waals surface area contributed by atoms with Gasteiger partial charge >= 0.3 is 0 Å². The molecule has 0 radical (unpaired) electrons. The van der Waals surface area contributed by atoms with Gasteiger partial charge in [-0.3, -0.25) is 4.90 Å². The van der Waals surface area contributed by atoms with Gasteiger partial charge in [-0.05, 0) is 32.2 Å². The molecule has 7 heteroatoms. The zero-order chi connectivity index (χ0) is 15.7. The maximum Gasteiger partial charge on any atom is 0.245 e. The van der Waals surface area contributed by atoms with Gasteiger partial charge in [-0.25, -0.2) is 0 Å². The fourth-order valence-electron chi connectivity index (χ4n) is 2.61. The predicted molar refractivity (Wildman–Crippen MR) is 82.8 cm³/mol. The molecule has 1 fully saturated rings. The maximum absolute atomic E-state index is 8.97. The summed E-state index contributed by atoms with van der Waals surface area (Å²) in [5.41, 5.74) is 1.49. The molecule has 1 saturated heterocycles. The number of aromatic nitrogens is 2. The monoisotopic (exact) mass is 317 g/mol. The minimum absolute atomic E-state index is 0.0457. The van der Waals surface area contributed by atoms with Crippen LogP contribution in [-0.4, -0.2) is 41.7 Å². The van der Waals surface area contributed by atoms with Crippen LogP contribution >= 0.6 is 11.6 Å². The highest BCUT2D eigenvalue weighted by molar-refractivity contribution is 6.32. The highest BCUT2D eigenvalue weighted by Gasteiger charge is 2.30. The number of likely N-dealkylation sites (N-methyl/N-ethyl adjacent to an activating group) is 1. The summed E-state index contributed by atoms with van der Waals surface area (Å²) in [6, 6.07) is 7.63. The Bertz CT molecular complexity index is 723. The number of aryl methyl sites for hydroxylation is 1. The van der Waals surface area contributed by atoms with Gasteiger partial charge in [0.05, 0.1) is 10.6 Å². The molecule has 2 aromatic rings. The smallest absolute Gasteiger partial charge is 0.245 e. The van der Waals surface area contributed by atoms with Gasteiger partial charge in [0.15, 0.2) is 5.82 Å². The van der Waals surface area contributed by atoms with Crippen LogP contribution < -0.4 is 4.90 Å². The average molecular weight is 318 g/mol. The molecule has 0 unspecified atom stereocenters. The Kier molecular flexibility index (Phi) is 4.01. The van der Waals surface area contributed by atoms with Crippen LogP contribution in [0.2, 0.25) is 5.02 Å². The van der Waals surface area contributed by atoms with Gasteiger partial charge in [-0.1, -0.05) is 16.8 Å². The van der Waals surface area contributed by atoms with Crippen LogP contribution in [0.4, 0.5) is 5.69 Å². The van der Waals surface area contributed by atoms with Crippen LogP contribution in [0.15, 0.2) is 22.7 Å². The number of rotatable bonds is 2. The van der Waals surface area contributed by atoms with Crippen molar-refractivity contribution < 1.29 is 4.52 Å². The number of hydrogen-bond acceptors (Lipinski definition) is 6. The van der Waals surface area contributed by atoms with Crippen molar-refractivity contribution in [1.82, 2.24) is 15.0 Å². The largest absolute Gasteiger partial charge is 0.368 e. The second-order valence-electron chi connectivity index (χ2n) is 5.40. The predicted octanol–water partition coefficient (Wildman–Crippen LogP) is 2.40. The van der Waals surface area contributed by atoms with Crippen molar-refractivity contribution in [3.05, 3.63) is 40.5 Å². The number of nitrogens with zero attached hydrogens (tertiary/aromatic N) is 5. The van der Waals surface area contributed by atoms with Crippen molar-refractivity contribution in [3.63, 3.8) is 0 Å². The summed E-state index contributed by atoms with van der Waals surface area (Å²) in [6.45, 7) is 4.31. The number of piperazine rings is 1. The van der Waals surface area contributed by atoms with Crippen molar-refractivity contribution >= 4 is 17.3 Å². The molecule has 0 aliphatic carbocycles. The third kappa shape index (κ3) is 2.78. The molecule has 0 bridgehead atoms. The second kappa shape index (κ2) is 5.95. The molecule has 114 valence electrons. The number of hydrogen-bond donors (Lipinski definition) is 0. The Balaban J connectivity index is 1.84. The first kappa shape index (κ1) is 14.8. The molecule has 0 saturated carbocycles. The van der Waals surface area contributed by atoms with Crippen molar-refractivity contribution in [1.29, 1.82) is 5.26 Å². The molecule has 0 spiro atoms. The lowest BCUT2D eigenvalue weighted by atomic mass is 10.1. The Morgan fingerprint density at radius 3 is 2.86 bits per heavy atom. The normalized spacial score (nSPS) is 19.2. The van der Waals surface area contributed by atoms with E-state index < -0.39 is 0 Å². The Morgan fingerprint density at radius 2 is 2.23 bits per heavy atom. The van der Waals surface area contributed by atoms with Crippen LogP contribution in [0, 0.1) is 18.3 Å². The number of benzene rings is 1. The minimum Gasteiger partial charge on any atom is -0.368 e. The summed E-state index contributed by atoms with van der Waals surface area (Å²) in [6.07, 6.45) is 0. The van der Waals surface area contributed by atoms with Crippen molar-refractivity contribution in [2.75, 3.05) is 31.6 Å². The van der Waals surface area contributed by atoms with Crippen LogP contribution in [-0.2, 0) is 0 Å². The van der Waals surface area contributed by atoms with Gasteiger partial charge < -0.3 is 9.42 Å². The van der Waals surface area contributed by atoms with Crippen LogP contribution in [0.3, 0.4) is 0 Å². The third-order valence-electron chi connectivity index (χ3n) is 3.91. The fraction of sp³-hybridized carbons (Fsp3) is 0.400. The van der Waals surface area contributed by atoms with Crippen molar-refractivity contribution in [2.24, 2.45) is 0 Å². The van der Waals surface area contributed by atoms with E-state index in [1.165, 1.54) is 0 Å². The van der Waals surface area contributed by atoms with E-state index in [0.29, 0.717) is 22.3 Å². The molecular weight excluding hydrogens is 302 g/mol. The molecule has 0 amide bonds. The molecule has 1 aliphatic heterocycles.